The fourth-order valence-corrected chi connectivity index (χ4v) is 1.73. The predicted molar refractivity (Wildman–Crippen MR) is 59.7 cm³/mol. The maximum Gasteiger partial charge on any atom is 0.313 e. The van der Waals surface area contributed by atoms with E-state index in [0.29, 0.717) is 17.1 Å². The van der Waals surface area contributed by atoms with Crippen LogP contribution in [0.3, 0.4) is 0 Å². The molecule has 1 aromatic heterocycles. The van der Waals surface area contributed by atoms with Crippen LogP contribution in [0, 0.1) is 29.8 Å². The third-order valence-corrected chi connectivity index (χ3v) is 2.51. The number of aryl methyl sites for hydroxylation is 1. The highest BCUT2D eigenvalue weighted by Gasteiger charge is 2.22. The molecule has 0 aliphatic carbocycles. The van der Waals surface area contributed by atoms with Gasteiger partial charge in [-0.3, -0.25) is 10.1 Å². The summed E-state index contributed by atoms with van der Waals surface area (Å²) in [5.41, 5.74) is 1.37. The van der Waals surface area contributed by atoms with Crippen LogP contribution in [0.5, 0.6) is 0 Å². The Morgan fingerprint density at radius 3 is 2.35 bits per heavy atom. The first-order valence-corrected chi connectivity index (χ1v) is 4.97. The normalized spacial score (nSPS) is 10.5. The molecule has 0 atom stereocenters. The lowest BCUT2D eigenvalue weighted by Crippen LogP contribution is -1.99. The molecule has 6 heteroatoms. The molecule has 0 saturated carbocycles. The Kier molecular flexibility index (Phi) is 2.63. The molecule has 5 nitrogen and oxygen atoms in total. The van der Waals surface area contributed by atoms with Crippen molar-refractivity contribution >= 4 is 5.69 Å². The molecule has 0 bridgehead atoms. The zero-order chi connectivity index (χ0) is 12.6. The maximum absolute atomic E-state index is 12.8. The summed E-state index contributed by atoms with van der Waals surface area (Å²) >= 11 is 0. The Labute approximate surface area is 96.6 Å². The monoisotopic (exact) mass is 235 g/mol. The summed E-state index contributed by atoms with van der Waals surface area (Å²) in [5.74, 6) is -0.357. The molecule has 2 aromatic rings. The number of aromatic nitrogens is 2. The molecule has 17 heavy (non-hydrogen) atoms. The lowest BCUT2D eigenvalue weighted by Gasteiger charge is -2.02. The number of nitrogens with zero attached hydrogens (tertiary/aromatic N) is 3. The molecule has 0 radical (unpaired) electrons. The van der Waals surface area contributed by atoms with Crippen LogP contribution in [0.2, 0.25) is 0 Å². The molecular weight excluding hydrogens is 225 g/mol. The molecule has 88 valence electrons. The summed E-state index contributed by atoms with van der Waals surface area (Å²) < 4.78 is 14.2. The zero-order valence-electron chi connectivity index (χ0n) is 9.35. The standard InChI is InChI=1S/C11H10FN3O2/c1-7-11(15(16)17)8(2)14(13-7)10-5-3-9(12)4-6-10/h3-6H,1-2H3. The van der Waals surface area contributed by atoms with Gasteiger partial charge in [-0.1, -0.05) is 0 Å². The highest BCUT2D eigenvalue weighted by Crippen LogP contribution is 2.24. The van der Waals surface area contributed by atoms with Gasteiger partial charge in [0.1, 0.15) is 17.2 Å². The summed E-state index contributed by atoms with van der Waals surface area (Å²) in [6.45, 7) is 3.19. The van der Waals surface area contributed by atoms with Gasteiger partial charge in [0, 0.05) is 0 Å². The highest BCUT2D eigenvalue weighted by molar-refractivity contribution is 5.45. The van der Waals surface area contributed by atoms with Crippen molar-refractivity contribution in [3.8, 4) is 5.69 Å². The molecule has 1 aromatic carbocycles. The Bertz CT molecular complexity index is 575. The first-order valence-electron chi connectivity index (χ1n) is 4.97. The Balaban J connectivity index is 2.57. The first-order chi connectivity index (χ1) is 8.00. The van der Waals surface area contributed by atoms with Gasteiger partial charge in [-0.15, -0.1) is 0 Å². The Morgan fingerprint density at radius 2 is 1.88 bits per heavy atom. The van der Waals surface area contributed by atoms with E-state index in [0.717, 1.165) is 0 Å². The molecule has 0 saturated heterocycles. The summed E-state index contributed by atoms with van der Waals surface area (Å²) in [6, 6.07) is 5.63. The van der Waals surface area contributed by atoms with E-state index >= 15 is 0 Å². The summed E-state index contributed by atoms with van der Waals surface area (Å²) in [5, 5.41) is 14.9. The number of nitro groups is 1. The van der Waals surface area contributed by atoms with Gasteiger partial charge in [-0.2, -0.15) is 5.10 Å². The van der Waals surface area contributed by atoms with E-state index < -0.39 is 4.92 Å². The topological polar surface area (TPSA) is 61.0 Å². The highest BCUT2D eigenvalue weighted by atomic mass is 19.1. The number of rotatable bonds is 2. The van der Waals surface area contributed by atoms with Crippen molar-refractivity contribution in [1.82, 2.24) is 9.78 Å². The summed E-state index contributed by atoms with van der Waals surface area (Å²) in [4.78, 5) is 10.4. The molecule has 0 spiro atoms. The fourth-order valence-electron chi connectivity index (χ4n) is 1.73. The number of halogens is 1. The molecule has 1 heterocycles. The van der Waals surface area contributed by atoms with Crippen LogP contribution in [-0.2, 0) is 0 Å². The third-order valence-electron chi connectivity index (χ3n) is 2.51. The maximum atomic E-state index is 12.8. The van der Waals surface area contributed by atoms with Crippen LogP contribution in [-0.4, -0.2) is 14.7 Å². The number of hydrogen-bond acceptors (Lipinski definition) is 3. The van der Waals surface area contributed by atoms with Gasteiger partial charge in [-0.25, -0.2) is 9.07 Å². The van der Waals surface area contributed by atoms with Crippen LogP contribution >= 0.6 is 0 Å². The van der Waals surface area contributed by atoms with E-state index in [1.54, 1.807) is 13.8 Å². The van der Waals surface area contributed by atoms with E-state index in [2.05, 4.69) is 5.10 Å². The van der Waals surface area contributed by atoms with Gasteiger partial charge in [-0.05, 0) is 38.1 Å². The van der Waals surface area contributed by atoms with Crippen molar-refractivity contribution in [2.75, 3.05) is 0 Å². The van der Waals surface area contributed by atoms with Crippen molar-refractivity contribution in [1.29, 1.82) is 0 Å². The summed E-state index contributed by atoms with van der Waals surface area (Å²) in [6.07, 6.45) is 0. The summed E-state index contributed by atoms with van der Waals surface area (Å²) in [7, 11) is 0. The molecule has 0 aliphatic rings. The van der Waals surface area contributed by atoms with E-state index in [9.17, 15) is 14.5 Å². The molecule has 0 fully saturated rings. The van der Waals surface area contributed by atoms with Gasteiger partial charge >= 0.3 is 5.69 Å². The minimum Gasteiger partial charge on any atom is -0.258 e. The average Bonchev–Trinajstić information content (AvgIpc) is 2.55. The Morgan fingerprint density at radius 1 is 1.29 bits per heavy atom. The minimum absolute atomic E-state index is 0.00525. The molecule has 2 rings (SSSR count). The lowest BCUT2D eigenvalue weighted by molar-refractivity contribution is -0.386. The van der Waals surface area contributed by atoms with Crippen molar-refractivity contribution in [3.63, 3.8) is 0 Å². The average molecular weight is 235 g/mol. The third kappa shape index (κ3) is 1.89. The molecule has 0 amide bonds. The van der Waals surface area contributed by atoms with E-state index in [1.807, 2.05) is 0 Å². The van der Waals surface area contributed by atoms with Crippen LogP contribution in [0.25, 0.3) is 5.69 Å². The Hall–Kier alpha value is -2.24. The van der Waals surface area contributed by atoms with Gasteiger partial charge in [0.05, 0.1) is 10.6 Å². The second-order valence-electron chi connectivity index (χ2n) is 3.66. The fraction of sp³-hybridized carbons (Fsp3) is 0.182. The lowest BCUT2D eigenvalue weighted by atomic mass is 10.3. The largest absolute Gasteiger partial charge is 0.313 e. The van der Waals surface area contributed by atoms with E-state index in [-0.39, 0.29) is 11.5 Å². The van der Waals surface area contributed by atoms with E-state index in [1.165, 1.54) is 28.9 Å². The smallest absolute Gasteiger partial charge is 0.258 e. The van der Waals surface area contributed by atoms with Crippen molar-refractivity contribution < 1.29 is 9.31 Å². The SMILES string of the molecule is Cc1nn(-c2ccc(F)cc2)c(C)c1[N+](=O)[O-]. The molecular formula is C11H10FN3O2. The van der Waals surface area contributed by atoms with Gasteiger partial charge in [0.15, 0.2) is 0 Å². The van der Waals surface area contributed by atoms with Gasteiger partial charge in [0.25, 0.3) is 0 Å². The van der Waals surface area contributed by atoms with Gasteiger partial charge in [0.2, 0.25) is 0 Å². The second kappa shape index (κ2) is 3.97. The van der Waals surface area contributed by atoms with E-state index in [4.69, 9.17) is 0 Å². The number of hydrogen-bond donors (Lipinski definition) is 0. The number of benzene rings is 1. The van der Waals surface area contributed by atoms with Crippen molar-refractivity contribution in [2.45, 2.75) is 13.8 Å². The molecule has 0 unspecified atom stereocenters. The van der Waals surface area contributed by atoms with Crippen LogP contribution in [0.1, 0.15) is 11.4 Å². The van der Waals surface area contributed by atoms with Gasteiger partial charge < -0.3 is 0 Å². The quantitative estimate of drug-likeness (QED) is 0.593. The second-order valence-corrected chi connectivity index (χ2v) is 3.66. The van der Waals surface area contributed by atoms with Crippen LogP contribution < -0.4 is 0 Å². The zero-order valence-corrected chi connectivity index (χ0v) is 9.35. The van der Waals surface area contributed by atoms with Crippen molar-refractivity contribution in [3.05, 3.63) is 51.6 Å². The van der Waals surface area contributed by atoms with Crippen molar-refractivity contribution in [2.24, 2.45) is 0 Å². The minimum atomic E-state index is -0.461. The first kappa shape index (κ1) is 11.3. The molecule has 0 aliphatic heterocycles. The predicted octanol–water partition coefficient (Wildman–Crippen LogP) is 2.54. The van der Waals surface area contributed by atoms with Crippen LogP contribution in [0.15, 0.2) is 24.3 Å². The molecule has 0 N–H and O–H groups in total. The van der Waals surface area contributed by atoms with Crippen LogP contribution in [0.4, 0.5) is 10.1 Å².